The van der Waals surface area contributed by atoms with Gasteiger partial charge in [0, 0.05) is 18.7 Å². The average Bonchev–Trinajstić information content (AvgIpc) is 2.24. The van der Waals surface area contributed by atoms with Crippen molar-refractivity contribution in [1.29, 1.82) is 0 Å². The molecule has 0 spiro atoms. The molecule has 0 atom stereocenters. The maximum atomic E-state index is 11.8. The molecule has 1 amide bonds. The van der Waals surface area contributed by atoms with E-state index < -0.39 is 10.0 Å². The molecule has 0 aliphatic rings. The lowest BCUT2D eigenvalue weighted by Gasteiger charge is -2.17. The van der Waals surface area contributed by atoms with Gasteiger partial charge in [0.2, 0.25) is 15.9 Å². The predicted octanol–water partition coefficient (Wildman–Crippen LogP) is 2.11. The minimum absolute atomic E-state index is 0.0282. The van der Waals surface area contributed by atoms with Gasteiger partial charge >= 0.3 is 0 Å². The van der Waals surface area contributed by atoms with Crippen LogP contribution in [-0.2, 0) is 21.4 Å². The second-order valence-corrected chi connectivity index (χ2v) is 7.91. The normalized spacial score (nSPS) is 12.2. The molecule has 0 aliphatic heterocycles. The van der Waals surface area contributed by atoms with Crippen LogP contribution in [0.4, 0.5) is 5.69 Å². The number of anilines is 1. The molecule has 112 valence electrons. The molecular weight excluding hydrogens is 276 g/mol. The Morgan fingerprint density at radius 1 is 1.15 bits per heavy atom. The van der Waals surface area contributed by atoms with Crippen LogP contribution in [0.1, 0.15) is 32.8 Å². The first-order chi connectivity index (χ1) is 9.05. The Labute approximate surface area is 120 Å². The molecule has 0 saturated heterocycles. The van der Waals surface area contributed by atoms with Gasteiger partial charge in [0.15, 0.2) is 0 Å². The maximum Gasteiger partial charge on any atom is 0.224 e. The summed E-state index contributed by atoms with van der Waals surface area (Å²) in [4.78, 5) is 11.8. The molecule has 0 bridgehead atoms. The molecule has 1 aromatic rings. The van der Waals surface area contributed by atoms with Gasteiger partial charge < -0.3 is 5.32 Å². The Bertz CT molecular complexity index is 557. The van der Waals surface area contributed by atoms with Crippen LogP contribution in [0.15, 0.2) is 24.3 Å². The third-order valence-electron chi connectivity index (χ3n) is 2.47. The van der Waals surface area contributed by atoms with Crippen LogP contribution < -0.4 is 10.0 Å². The van der Waals surface area contributed by atoms with E-state index in [1.807, 2.05) is 20.8 Å². The van der Waals surface area contributed by atoms with Crippen LogP contribution in [0.5, 0.6) is 0 Å². The van der Waals surface area contributed by atoms with Crippen LogP contribution >= 0.6 is 0 Å². The number of amides is 1. The first kappa shape index (κ1) is 16.7. The van der Waals surface area contributed by atoms with Crippen molar-refractivity contribution in [2.24, 2.45) is 5.41 Å². The largest absolute Gasteiger partial charge is 0.326 e. The van der Waals surface area contributed by atoms with E-state index in [0.717, 1.165) is 11.8 Å². The Morgan fingerprint density at radius 2 is 1.70 bits per heavy atom. The Kier molecular flexibility index (Phi) is 5.30. The van der Waals surface area contributed by atoms with Crippen LogP contribution in [0.25, 0.3) is 0 Å². The van der Waals surface area contributed by atoms with E-state index in [0.29, 0.717) is 12.1 Å². The molecule has 0 heterocycles. The van der Waals surface area contributed by atoms with Crippen LogP contribution in [0.3, 0.4) is 0 Å². The zero-order valence-corrected chi connectivity index (χ0v) is 13.2. The molecule has 0 saturated carbocycles. The third kappa shape index (κ3) is 7.25. The maximum absolute atomic E-state index is 11.8. The van der Waals surface area contributed by atoms with Crippen molar-refractivity contribution in [3.8, 4) is 0 Å². The van der Waals surface area contributed by atoms with Gasteiger partial charge in [0.05, 0.1) is 6.26 Å². The summed E-state index contributed by atoms with van der Waals surface area (Å²) in [5.41, 5.74) is 1.50. The number of carbonyl (C=O) groups excluding carboxylic acids is 1. The summed E-state index contributed by atoms with van der Waals surface area (Å²) >= 11 is 0. The molecule has 0 unspecified atom stereocenters. The lowest BCUT2D eigenvalue weighted by molar-refractivity contribution is -0.117. The fourth-order valence-corrected chi connectivity index (χ4v) is 2.04. The van der Waals surface area contributed by atoms with Gasteiger partial charge in [-0.25, -0.2) is 13.1 Å². The second kappa shape index (κ2) is 6.37. The first-order valence-corrected chi connectivity index (χ1v) is 8.28. The second-order valence-electron chi connectivity index (χ2n) is 6.08. The van der Waals surface area contributed by atoms with Crippen LogP contribution in [0, 0.1) is 5.41 Å². The number of carbonyl (C=O) groups is 1. The van der Waals surface area contributed by atoms with E-state index in [1.54, 1.807) is 24.3 Å². The molecule has 0 fully saturated rings. The van der Waals surface area contributed by atoms with E-state index in [9.17, 15) is 13.2 Å². The summed E-state index contributed by atoms with van der Waals surface area (Å²) in [5.74, 6) is -0.0282. The predicted molar refractivity (Wildman–Crippen MR) is 80.8 cm³/mol. The number of rotatable bonds is 5. The minimum atomic E-state index is -3.19. The summed E-state index contributed by atoms with van der Waals surface area (Å²) in [6.07, 6.45) is 1.57. The van der Waals surface area contributed by atoms with E-state index in [1.165, 1.54) is 0 Å². The Morgan fingerprint density at radius 3 is 2.15 bits per heavy atom. The smallest absolute Gasteiger partial charge is 0.224 e. The van der Waals surface area contributed by atoms with Gasteiger partial charge in [-0.05, 0) is 23.1 Å². The highest BCUT2D eigenvalue weighted by Gasteiger charge is 2.15. The van der Waals surface area contributed by atoms with Gasteiger partial charge in [-0.1, -0.05) is 32.9 Å². The molecule has 2 N–H and O–H groups in total. The monoisotopic (exact) mass is 298 g/mol. The van der Waals surface area contributed by atoms with Gasteiger partial charge in [0.1, 0.15) is 0 Å². The van der Waals surface area contributed by atoms with E-state index in [-0.39, 0.29) is 17.9 Å². The van der Waals surface area contributed by atoms with Crippen molar-refractivity contribution in [2.45, 2.75) is 33.7 Å². The summed E-state index contributed by atoms with van der Waals surface area (Å²) < 4.78 is 24.4. The highest BCUT2D eigenvalue weighted by Crippen LogP contribution is 2.19. The molecule has 0 aliphatic carbocycles. The van der Waals surface area contributed by atoms with Crippen molar-refractivity contribution in [3.63, 3.8) is 0 Å². The van der Waals surface area contributed by atoms with Crippen molar-refractivity contribution in [3.05, 3.63) is 29.8 Å². The van der Waals surface area contributed by atoms with Crippen molar-refractivity contribution in [2.75, 3.05) is 11.6 Å². The topological polar surface area (TPSA) is 75.3 Å². The molecule has 20 heavy (non-hydrogen) atoms. The zero-order chi connectivity index (χ0) is 15.4. The average molecular weight is 298 g/mol. The van der Waals surface area contributed by atoms with E-state index >= 15 is 0 Å². The van der Waals surface area contributed by atoms with Gasteiger partial charge in [-0.15, -0.1) is 0 Å². The third-order valence-corrected chi connectivity index (χ3v) is 3.14. The van der Waals surface area contributed by atoms with Gasteiger partial charge in [-0.3, -0.25) is 4.79 Å². The number of nitrogens with one attached hydrogen (secondary N) is 2. The molecule has 6 heteroatoms. The van der Waals surface area contributed by atoms with E-state index in [2.05, 4.69) is 10.0 Å². The summed E-state index contributed by atoms with van der Waals surface area (Å²) in [5, 5.41) is 2.82. The summed E-state index contributed by atoms with van der Waals surface area (Å²) in [6.45, 7) is 6.26. The van der Waals surface area contributed by atoms with Crippen LogP contribution in [0.2, 0.25) is 0 Å². The molecule has 1 rings (SSSR count). The lowest BCUT2D eigenvalue weighted by atomic mass is 9.92. The molecular formula is C14H22N2O3S. The first-order valence-electron chi connectivity index (χ1n) is 6.39. The Balaban J connectivity index is 2.57. The zero-order valence-electron chi connectivity index (χ0n) is 12.4. The molecule has 0 radical (unpaired) electrons. The number of hydrogen-bond acceptors (Lipinski definition) is 3. The van der Waals surface area contributed by atoms with Crippen molar-refractivity contribution in [1.82, 2.24) is 4.72 Å². The fraction of sp³-hybridized carbons (Fsp3) is 0.500. The molecule has 5 nitrogen and oxygen atoms in total. The number of benzene rings is 1. The van der Waals surface area contributed by atoms with Crippen molar-refractivity contribution < 1.29 is 13.2 Å². The Hall–Kier alpha value is -1.40. The van der Waals surface area contributed by atoms with Gasteiger partial charge in [0.25, 0.3) is 0 Å². The highest BCUT2D eigenvalue weighted by molar-refractivity contribution is 7.88. The summed E-state index contributed by atoms with van der Waals surface area (Å²) in [6, 6.07) is 7.09. The number of hydrogen-bond donors (Lipinski definition) is 2. The van der Waals surface area contributed by atoms with Crippen molar-refractivity contribution >= 4 is 21.6 Å². The highest BCUT2D eigenvalue weighted by atomic mass is 32.2. The molecule has 0 aromatic heterocycles. The SMILES string of the molecule is CC(C)(C)CC(=O)Nc1ccc(CNS(C)(=O)=O)cc1. The minimum Gasteiger partial charge on any atom is -0.326 e. The van der Waals surface area contributed by atoms with Gasteiger partial charge in [-0.2, -0.15) is 0 Å². The van der Waals surface area contributed by atoms with Crippen LogP contribution in [-0.4, -0.2) is 20.6 Å². The van der Waals surface area contributed by atoms with E-state index in [4.69, 9.17) is 0 Å². The lowest BCUT2D eigenvalue weighted by Crippen LogP contribution is -2.21. The number of sulfonamides is 1. The quantitative estimate of drug-likeness (QED) is 0.874. The standard InChI is InChI=1S/C14H22N2O3S/c1-14(2,3)9-13(17)16-12-7-5-11(6-8-12)10-15-20(4,18)19/h5-8,15H,9-10H2,1-4H3,(H,16,17). The molecule has 1 aromatic carbocycles. The summed E-state index contributed by atoms with van der Waals surface area (Å²) in [7, 11) is -3.19. The fourth-order valence-electron chi connectivity index (χ4n) is 1.61.